The second kappa shape index (κ2) is 6.17. The molecule has 0 amide bonds. The predicted octanol–water partition coefficient (Wildman–Crippen LogP) is 3.27. The fourth-order valence-corrected chi connectivity index (χ4v) is 1.60. The molecule has 0 N–H and O–H groups in total. The van der Waals surface area contributed by atoms with Crippen LogP contribution in [0.15, 0.2) is 48.7 Å². The fraction of sp³-hybridized carbons (Fsp3) is 0.143. The molecule has 0 spiro atoms. The van der Waals surface area contributed by atoms with Crippen LogP contribution in [-0.4, -0.2) is 11.0 Å². The molecule has 0 bridgehead atoms. The zero-order chi connectivity index (χ0) is 12.8. The average Bonchev–Trinajstić information content (AvgIpc) is 2.39. The van der Waals surface area contributed by atoms with Crippen molar-refractivity contribution >= 4 is 17.6 Å². The van der Waals surface area contributed by atoms with Crippen LogP contribution in [0.4, 0.5) is 0 Å². The molecule has 1 aromatic heterocycles. The van der Waals surface area contributed by atoms with Gasteiger partial charge in [-0.15, -0.1) is 0 Å². The van der Waals surface area contributed by atoms with Gasteiger partial charge in [0.2, 0.25) is 5.88 Å². The van der Waals surface area contributed by atoms with Crippen molar-refractivity contribution in [1.82, 2.24) is 4.98 Å². The van der Waals surface area contributed by atoms with E-state index in [2.05, 4.69) is 4.98 Å². The van der Waals surface area contributed by atoms with Gasteiger partial charge in [-0.25, -0.2) is 4.98 Å². The van der Waals surface area contributed by atoms with Gasteiger partial charge in [0, 0.05) is 17.3 Å². The quantitative estimate of drug-likeness (QED) is 0.793. The number of esters is 1. The predicted molar refractivity (Wildman–Crippen MR) is 69.6 cm³/mol. The van der Waals surface area contributed by atoms with Crippen molar-refractivity contribution in [3.8, 4) is 5.88 Å². The highest BCUT2D eigenvalue weighted by atomic mass is 35.5. The van der Waals surface area contributed by atoms with Crippen LogP contribution < -0.4 is 4.74 Å². The van der Waals surface area contributed by atoms with Crippen molar-refractivity contribution in [3.63, 3.8) is 0 Å². The highest BCUT2D eigenvalue weighted by Crippen LogP contribution is 2.12. The Bertz CT molecular complexity index is 511. The molecule has 2 rings (SSSR count). The third-order valence-electron chi connectivity index (χ3n) is 2.39. The molecular formula is C14H12ClNO2. The summed E-state index contributed by atoms with van der Waals surface area (Å²) in [5.74, 6) is 0.0438. The van der Waals surface area contributed by atoms with Crippen molar-refractivity contribution in [1.29, 1.82) is 0 Å². The number of rotatable bonds is 4. The van der Waals surface area contributed by atoms with Gasteiger partial charge in [0.25, 0.3) is 0 Å². The molecule has 0 aliphatic carbocycles. The molecule has 0 unspecified atom stereocenters. The van der Waals surface area contributed by atoms with Gasteiger partial charge < -0.3 is 4.74 Å². The van der Waals surface area contributed by atoms with Gasteiger partial charge in [0.1, 0.15) is 0 Å². The van der Waals surface area contributed by atoms with E-state index in [1.807, 2.05) is 12.1 Å². The SMILES string of the molecule is O=C(CCc1ccc(Cl)cc1)Oc1ccccn1. The summed E-state index contributed by atoms with van der Waals surface area (Å²) in [4.78, 5) is 15.5. The van der Waals surface area contributed by atoms with Gasteiger partial charge in [-0.1, -0.05) is 29.8 Å². The Morgan fingerprint density at radius 2 is 1.94 bits per heavy atom. The first-order valence-electron chi connectivity index (χ1n) is 5.60. The number of benzene rings is 1. The summed E-state index contributed by atoms with van der Waals surface area (Å²) in [5, 5.41) is 0.690. The van der Waals surface area contributed by atoms with Crippen molar-refractivity contribution in [2.75, 3.05) is 0 Å². The normalized spacial score (nSPS) is 10.1. The van der Waals surface area contributed by atoms with Crippen LogP contribution in [0.1, 0.15) is 12.0 Å². The van der Waals surface area contributed by atoms with E-state index in [1.54, 1.807) is 36.5 Å². The van der Waals surface area contributed by atoms with E-state index in [4.69, 9.17) is 16.3 Å². The lowest BCUT2D eigenvalue weighted by atomic mass is 10.1. The number of nitrogens with zero attached hydrogens (tertiary/aromatic N) is 1. The lowest BCUT2D eigenvalue weighted by molar-refractivity contribution is -0.134. The van der Waals surface area contributed by atoms with E-state index in [1.165, 1.54) is 0 Å². The van der Waals surface area contributed by atoms with Gasteiger partial charge >= 0.3 is 5.97 Å². The molecule has 92 valence electrons. The molecule has 3 nitrogen and oxygen atoms in total. The number of hydrogen-bond acceptors (Lipinski definition) is 3. The third-order valence-corrected chi connectivity index (χ3v) is 2.64. The highest BCUT2D eigenvalue weighted by Gasteiger charge is 2.05. The number of carbonyl (C=O) groups excluding carboxylic acids is 1. The van der Waals surface area contributed by atoms with Gasteiger partial charge in [-0.3, -0.25) is 4.79 Å². The minimum Gasteiger partial charge on any atom is -0.407 e. The first-order chi connectivity index (χ1) is 8.74. The van der Waals surface area contributed by atoms with Crippen molar-refractivity contribution in [2.24, 2.45) is 0 Å². The highest BCUT2D eigenvalue weighted by molar-refractivity contribution is 6.30. The molecule has 0 aliphatic rings. The molecule has 0 saturated carbocycles. The number of aryl methyl sites for hydroxylation is 1. The maximum atomic E-state index is 11.6. The minimum absolute atomic E-state index is 0.288. The van der Waals surface area contributed by atoms with Gasteiger partial charge in [-0.2, -0.15) is 0 Å². The Labute approximate surface area is 110 Å². The van der Waals surface area contributed by atoms with E-state index < -0.39 is 0 Å². The van der Waals surface area contributed by atoms with Gasteiger partial charge in [0.05, 0.1) is 6.42 Å². The van der Waals surface area contributed by atoms with Gasteiger partial charge in [-0.05, 0) is 30.2 Å². The van der Waals surface area contributed by atoms with Crippen LogP contribution in [0, 0.1) is 0 Å². The van der Waals surface area contributed by atoms with Crippen LogP contribution >= 0.6 is 11.6 Å². The number of carbonyl (C=O) groups is 1. The van der Waals surface area contributed by atoms with Crippen LogP contribution in [-0.2, 0) is 11.2 Å². The number of ether oxygens (including phenoxy) is 1. The summed E-state index contributed by atoms with van der Waals surface area (Å²) in [6, 6.07) is 12.6. The van der Waals surface area contributed by atoms with Crippen LogP contribution in [0.5, 0.6) is 5.88 Å². The maximum Gasteiger partial charge on any atom is 0.312 e. The summed E-state index contributed by atoms with van der Waals surface area (Å²) >= 11 is 5.78. The average molecular weight is 262 g/mol. The number of hydrogen-bond donors (Lipinski definition) is 0. The number of aromatic nitrogens is 1. The van der Waals surface area contributed by atoms with E-state index in [9.17, 15) is 4.79 Å². The standard InChI is InChI=1S/C14H12ClNO2/c15-12-7-4-11(5-8-12)6-9-14(17)18-13-3-1-2-10-16-13/h1-5,7-8,10H,6,9H2. The summed E-state index contributed by atoms with van der Waals surface area (Å²) in [7, 11) is 0. The van der Waals surface area contributed by atoms with Crippen molar-refractivity contribution in [2.45, 2.75) is 12.8 Å². The Hall–Kier alpha value is -1.87. The molecule has 0 atom stereocenters. The van der Waals surface area contributed by atoms with Crippen LogP contribution in [0.25, 0.3) is 0 Å². The molecular weight excluding hydrogens is 250 g/mol. The van der Waals surface area contributed by atoms with E-state index in [0.717, 1.165) is 5.56 Å². The summed E-state index contributed by atoms with van der Waals surface area (Å²) in [5.41, 5.74) is 1.05. The molecule has 18 heavy (non-hydrogen) atoms. The molecule has 2 aromatic rings. The molecule has 0 saturated heterocycles. The third kappa shape index (κ3) is 3.86. The fourth-order valence-electron chi connectivity index (χ4n) is 1.47. The van der Waals surface area contributed by atoms with Crippen LogP contribution in [0.2, 0.25) is 5.02 Å². The largest absolute Gasteiger partial charge is 0.407 e. The lowest BCUT2D eigenvalue weighted by Crippen LogP contribution is -2.09. The number of halogens is 1. The zero-order valence-corrected chi connectivity index (χ0v) is 10.4. The minimum atomic E-state index is -0.288. The van der Waals surface area contributed by atoms with Crippen molar-refractivity contribution in [3.05, 3.63) is 59.2 Å². The maximum absolute atomic E-state index is 11.6. The number of pyridine rings is 1. The first-order valence-corrected chi connectivity index (χ1v) is 5.98. The van der Waals surface area contributed by atoms with E-state index >= 15 is 0 Å². The van der Waals surface area contributed by atoms with Crippen LogP contribution in [0.3, 0.4) is 0 Å². The Morgan fingerprint density at radius 3 is 2.61 bits per heavy atom. The summed E-state index contributed by atoms with van der Waals surface area (Å²) in [6.07, 6.45) is 2.53. The molecule has 0 fully saturated rings. The smallest absolute Gasteiger partial charge is 0.312 e. The van der Waals surface area contributed by atoms with E-state index in [-0.39, 0.29) is 5.97 Å². The molecule has 0 aliphatic heterocycles. The second-order valence-corrected chi connectivity index (χ2v) is 4.20. The first kappa shape index (κ1) is 12.6. The molecule has 1 aromatic carbocycles. The monoisotopic (exact) mass is 261 g/mol. The Morgan fingerprint density at radius 1 is 1.17 bits per heavy atom. The zero-order valence-electron chi connectivity index (χ0n) is 9.67. The summed E-state index contributed by atoms with van der Waals surface area (Å²) in [6.45, 7) is 0. The van der Waals surface area contributed by atoms with E-state index in [0.29, 0.717) is 23.7 Å². The molecule has 4 heteroatoms. The molecule has 1 heterocycles. The summed E-state index contributed by atoms with van der Waals surface area (Å²) < 4.78 is 5.08. The second-order valence-electron chi connectivity index (χ2n) is 3.77. The lowest BCUT2D eigenvalue weighted by Gasteiger charge is -2.03. The Kier molecular flexibility index (Phi) is 4.31. The van der Waals surface area contributed by atoms with Gasteiger partial charge in [0.15, 0.2) is 0 Å². The topological polar surface area (TPSA) is 39.2 Å². The van der Waals surface area contributed by atoms with Crippen molar-refractivity contribution < 1.29 is 9.53 Å². The molecule has 0 radical (unpaired) electrons. The Balaban J connectivity index is 1.83.